The van der Waals surface area contributed by atoms with Gasteiger partial charge < -0.3 is 20.3 Å². The number of nitrogens with one attached hydrogen (secondary N) is 2. The van der Waals surface area contributed by atoms with Crippen molar-refractivity contribution in [2.75, 3.05) is 56.6 Å². The number of nitrogens with zero attached hydrogens (tertiary/aromatic N) is 2. The molecule has 1 saturated heterocycles. The molecule has 1 aliphatic rings. The molecule has 30 heavy (non-hydrogen) atoms. The van der Waals surface area contributed by atoms with Crippen LogP contribution < -0.4 is 20.3 Å². The number of aryl methyl sites for hydroxylation is 2. The van der Waals surface area contributed by atoms with E-state index < -0.39 is 11.8 Å². The highest BCUT2D eigenvalue weighted by atomic mass is 16.5. The second-order valence-corrected chi connectivity index (χ2v) is 7.59. The molecular weight excluding hydrogens is 380 g/mol. The summed E-state index contributed by atoms with van der Waals surface area (Å²) in [6.45, 7) is 8.62. The highest BCUT2D eigenvalue weighted by Crippen LogP contribution is 2.28. The summed E-state index contributed by atoms with van der Waals surface area (Å²) in [6.07, 6.45) is 0. The molecule has 2 N–H and O–H groups in total. The van der Waals surface area contributed by atoms with Crippen LogP contribution in [0, 0.1) is 13.8 Å². The van der Waals surface area contributed by atoms with Crippen LogP contribution in [0.3, 0.4) is 0 Å². The van der Waals surface area contributed by atoms with Gasteiger partial charge in [0.1, 0.15) is 5.75 Å². The third kappa shape index (κ3) is 5.73. The smallest absolute Gasteiger partial charge is 0.313 e. The number of ether oxygens (including phenoxy) is 1. The molecule has 0 aromatic heterocycles. The largest absolute Gasteiger partial charge is 0.495 e. The number of amides is 2. The molecule has 0 bridgehead atoms. The Hall–Kier alpha value is -3.06. The van der Waals surface area contributed by atoms with Crippen LogP contribution in [-0.2, 0) is 9.59 Å². The predicted molar refractivity (Wildman–Crippen MR) is 119 cm³/mol. The van der Waals surface area contributed by atoms with Crippen molar-refractivity contribution in [2.45, 2.75) is 13.8 Å². The zero-order valence-corrected chi connectivity index (χ0v) is 17.9. The minimum Gasteiger partial charge on any atom is -0.495 e. The van der Waals surface area contributed by atoms with E-state index in [0.29, 0.717) is 18.8 Å². The normalized spacial score (nSPS) is 14.3. The van der Waals surface area contributed by atoms with E-state index in [-0.39, 0.29) is 0 Å². The first-order valence-corrected chi connectivity index (χ1v) is 10.2. The number of carbonyl (C=O) groups excluding carboxylic acids is 2. The van der Waals surface area contributed by atoms with Gasteiger partial charge in [-0.25, -0.2) is 0 Å². The Kier molecular flexibility index (Phi) is 7.30. The molecule has 3 rings (SSSR count). The van der Waals surface area contributed by atoms with Gasteiger partial charge in [0, 0.05) is 45.0 Å². The van der Waals surface area contributed by atoms with Gasteiger partial charge >= 0.3 is 11.8 Å². The molecule has 0 atom stereocenters. The van der Waals surface area contributed by atoms with Crippen LogP contribution in [0.2, 0.25) is 0 Å². The highest BCUT2D eigenvalue weighted by molar-refractivity contribution is 6.39. The van der Waals surface area contributed by atoms with Gasteiger partial charge in [0.05, 0.1) is 12.8 Å². The van der Waals surface area contributed by atoms with Crippen molar-refractivity contribution in [3.8, 4) is 5.75 Å². The molecule has 0 spiro atoms. The Labute approximate surface area is 178 Å². The number of rotatable bonds is 6. The van der Waals surface area contributed by atoms with E-state index in [1.807, 2.05) is 50.2 Å². The lowest BCUT2D eigenvalue weighted by atomic mass is 10.1. The number of para-hydroxylation sites is 2. The van der Waals surface area contributed by atoms with Crippen LogP contribution in [-0.4, -0.2) is 63.1 Å². The number of benzene rings is 2. The summed E-state index contributed by atoms with van der Waals surface area (Å²) in [5.41, 5.74) is 3.83. The van der Waals surface area contributed by atoms with E-state index in [2.05, 4.69) is 26.5 Å². The van der Waals surface area contributed by atoms with Crippen molar-refractivity contribution in [1.29, 1.82) is 0 Å². The molecule has 160 valence electrons. The van der Waals surface area contributed by atoms with Crippen LogP contribution in [0.5, 0.6) is 5.75 Å². The molecule has 2 aromatic rings. The van der Waals surface area contributed by atoms with E-state index in [4.69, 9.17) is 4.74 Å². The van der Waals surface area contributed by atoms with Crippen molar-refractivity contribution in [3.63, 3.8) is 0 Å². The Morgan fingerprint density at radius 1 is 0.967 bits per heavy atom. The van der Waals surface area contributed by atoms with Gasteiger partial charge in [0.2, 0.25) is 0 Å². The minimum atomic E-state index is -0.638. The number of carbonyl (C=O) groups is 2. The standard InChI is InChI=1S/C23H30N4O3/c1-17-14-18(2)16-19(15-17)25-23(29)22(28)24-8-9-26-10-12-27(13-11-26)20-6-4-5-7-21(20)30-3/h4-7,14-16H,8-13H2,1-3H3,(H,24,28)(H,25,29). The predicted octanol–water partition coefficient (Wildman–Crippen LogP) is 2.19. The molecule has 7 nitrogen and oxygen atoms in total. The number of methoxy groups -OCH3 is 1. The fraction of sp³-hybridized carbons (Fsp3) is 0.391. The number of hydrogen-bond donors (Lipinski definition) is 2. The van der Waals surface area contributed by atoms with Gasteiger partial charge in [-0.15, -0.1) is 0 Å². The van der Waals surface area contributed by atoms with E-state index in [1.165, 1.54) is 0 Å². The quantitative estimate of drug-likeness (QED) is 0.714. The van der Waals surface area contributed by atoms with Crippen LogP contribution >= 0.6 is 0 Å². The SMILES string of the molecule is COc1ccccc1N1CCN(CCNC(=O)C(=O)Nc2cc(C)cc(C)c2)CC1. The Morgan fingerprint density at radius 2 is 1.63 bits per heavy atom. The maximum atomic E-state index is 12.1. The van der Waals surface area contributed by atoms with E-state index in [0.717, 1.165) is 48.7 Å². The molecule has 0 radical (unpaired) electrons. The lowest BCUT2D eigenvalue weighted by molar-refractivity contribution is -0.136. The Bertz CT molecular complexity index is 872. The number of piperazine rings is 1. The van der Waals surface area contributed by atoms with E-state index in [1.54, 1.807) is 7.11 Å². The molecule has 1 aliphatic heterocycles. The summed E-state index contributed by atoms with van der Waals surface area (Å²) in [4.78, 5) is 28.8. The average molecular weight is 411 g/mol. The molecule has 7 heteroatoms. The second-order valence-electron chi connectivity index (χ2n) is 7.59. The summed E-state index contributed by atoms with van der Waals surface area (Å²) >= 11 is 0. The Balaban J connectivity index is 1.40. The van der Waals surface area contributed by atoms with Crippen molar-refractivity contribution in [2.24, 2.45) is 0 Å². The monoisotopic (exact) mass is 410 g/mol. The molecule has 0 aliphatic carbocycles. The van der Waals surface area contributed by atoms with Crippen molar-refractivity contribution in [1.82, 2.24) is 10.2 Å². The molecule has 0 unspecified atom stereocenters. The first-order valence-electron chi connectivity index (χ1n) is 10.2. The van der Waals surface area contributed by atoms with Crippen LogP contribution in [0.1, 0.15) is 11.1 Å². The minimum absolute atomic E-state index is 0.438. The summed E-state index contributed by atoms with van der Waals surface area (Å²) < 4.78 is 5.45. The molecular formula is C23H30N4O3. The zero-order chi connectivity index (χ0) is 21.5. The number of anilines is 2. The third-order valence-electron chi connectivity index (χ3n) is 5.20. The van der Waals surface area contributed by atoms with Crippen molar-refractivity contribution in [3.05, 3.63) is 53.6 Å². The van der Waals surface area contributed by atoms with Gasteiger partial charge in [-0.05, 0) is 49.2 Å². The van der Waals surface area contributed by atoms with Gasteiger partial charge in [-0.1, -0.05) is 18.2 Å². The molecule has 1 heterocycles. The van der Waals surface area contributed by atoms with Crippen LogP contribution in [0.25, 0.3) is 0 Å². The van der Waals surface area contributed by atoms with Gasteiger partial charge in [-0.3, -0.25) is 14.5 Å². The maximum Gasteiger partial charge on any atom is 0.313 e. The highest BCUT2D eigenvalue weighted by Gasteiger charge is 2.20. The van der Waals surface area contributed by atoms with E-state index in [9.17, 15) is 9.59 Å². The molecule has 0 saturated carbocycles. The summed E-state index contributed by atoms with van der Waals surface area (Å²) in [6, 6.07) is 13.7. The van der Waals surface area contributed by atoms with Gasteiger partial charge in [-0.2, -0.15) is 0 Å². The lowest BCUT2D eigenvalue weighted by Crippen LogP contribution is -2.49. The summed E-state index contributed by atoms with van der Waals surface area (Å²) in [7, 11) is 1.69. The molecule has 2 amide bonds. The third-order valence-corrected chi connectivity index (χ3v) is 5.20. The van der Waals surface area contributed by atoms with E-state index >= 15 is 0 Å². The first-order chi connectivity index (χ1) is 14.5. The van der Waals surface area contributed by atoms with Crippen LogP contribution in [0.15, 0.2) is 42.5 Å². The van der Waals surface area contributed by atoms with Crippen molar-refractivity contribution < 1.29 is 14.3 Å². The fourth-order valence-electron chi connectivity index (χ4n) is 3.75. The fourth-order valence-corrected chi connectivity index (χ4v) is 3.75. The Morgan fingerprint density at radius 3 is 2.30 bits per heavy atom. The molecule has 1 fully saturated rings. The number of hydrogen-bond acceptors (Lipinski definition) is 5. The van der Waals surface area contributed by atoms with Crippen molar-refractivity contribution >= 4 is 23.2 Å². The first kappa shape index (κ1) is 21.6. The summed E-state index contributed by atoms with van der Waals surface area (Å²) in [5, 5.41) is 5.38. The maximum absolute atomic E-state index is 12.1. The average Bonchev–Trinajstić information content (AvgIpc) is 2.73. The molecule has 2 aromatic carbocycles. The van der Waals surface area contributed by atoms with Gasteiger partial charge in [0.15, 0.2) is 0 Å². The van der Waals surface area contributed by atoms with Crippen LogP contribution in [0.4, 0.5) is 11.4 Å². The summed E-state index contributed by atoms with van der Waals surface area (Å²) in [5.74, 6) is -0.365. The second kappa shape index (κ2) is 10.1. The topological polar surface area (TPSA) is 73.9 Å². The van der Waals surface area contributed by atoms with Gasteiger partial charge in [0.25, 0.3) is 0 Å². The zero-order valence-electron chi connectivity index (χ0n) is 17.9. The lowest BCUT2D eigenvalue weighted by Gasteiger charge is -2.36.